The van der Waals surface area contributed by atoms with Crippen LogP contribution < -0.4 is 22.1 Å². The smallest absolute Gasteiger partial charge is 0.224 e. The molecule has 4 heterocycles. The number of nitrogens with two attached hydrogens (primary N) is 3. The van der Waals surface area contributed by atoms with Crippen LogP contribution in [0.15, 0.2) is 24.9 Å². The van der Waals surface area contributed by atoms with Gasteiger partial charge in [0.15, 0.2) is 17.3 Å². The summed E-state index contributed by atoms with van der Waals surface area (Å²) in [5.74, 6) is 0.968. The first-order valence-electron chi connectivity index (χ1n) is 7.53. The van der Waals surface area contributed by atoms with E-state index in [4.69, 9.17) is 21.9 Å². The Morgan fingerprint density at radius 3 is 2.33 bits per heavy atom. The van der Waals surface area contributed by atoms with Gasteiger partial charge in [-0.25, -0.2) is 19.9 Å². The first-order valence-corrected chi connectivity index (χ1v) is 7.53. The number of fused-ring (bicyclic) bond motifs is 1. The van der Waals surface area contributed by atoms with Crippen molar-refractivity contribution < 1.29 is 4.74 Å². The predicted octanol–water partition coefficient (Wildman–Crippen LogP) is 0.323. The summed E-state index contributed by atoms with van der Waals surface area (Å²) in [6.07, 6.45) is 6.31. The molecule has 1 aliphatic rings. The Kier molecular flexibility index (Phi) is 8.59. The average molecular weight is 415 g/mol. The normalized spacial score (nSPS) is 13.0. The Bertz CT molecular complexity index is 797. The van der Waals surface area contributed by atoms with Gasteiger partial charge in [0, 0.05) is 25.5 Å². The molecule has 11 nitrogen and oxygen atoms in total. The van der Waals surface area contributed by atoms with E-state index in [-0.39, 0.29) is 36.6 Å². The number of aromatic nitrogens is 6. The largest absolute Gasteiger partial charge is 0.393 e. The fourth-order valence-corrected chi connectivity index (χ4v) is 2.23. The molecule has 13 heteroatoms. The maximum atomic E-state index is 5.79. The van der Waals surface area contributed by atoms with Crippen LogP contribution >= 0.6 is 24.8 Å². The van der Waals surface area contributed by atoms with Crippen molar-refractivity contribution in [2.75, 3.05) is 48.4 Å². The van der Waals surface area contributed by atoms with E-state index in [1.165, 1.54) is 6.33 Å². The van der Waals surface area contributed by atoms with Crippen molar-refractivity contribution in [3.63, 3.8) is 0 Å². The maximum Gasteiger partial charge on any atom is 0.224 e. The Morgan fingerprint density at radius 1 is 0.926 bits per heavy atom. The van der Waals surface area contributed by atoms with Crippen molar-refractivity contribution in [1.29, 1.82) is 0 Å². The highest BCUT2D eigenvalue weighted by Crippen LogP contribution is 2.26. The summed E-state index contributed by atoms with van der Waals surface area (Å²) in [6.45, 7) is 2.78. The van der Waals surface area contributed by atoms with Crippen LogP contribution in [0.3, 0.4) is 0 Å². The number of nitrogens with zero attached hydrogens (tertiary/aromatic N) is 7. The lowest BCUT2D eigenvalue weighted by Crippen LogP contribution is -2.37. The van der Waals surface area contributed by atoms with E-state index in [9.17, 15) is 0 Å². The van der Waals surface area contributed by atoms with Crippen LogP contribution in [0.5, 0.6) is 0 Å². The van der Waals surface area contributed by atoms with Gasteiger partial charge in [-0.1, -0.05) is 0 Å². The van der Waals surface area contributed by atoms with Gasteiger partial charge < -0.3 is 26.8 Å². The van der Waals surface area contributed by atoms with Crippen LogP contribution in [0.25, 0.3) is 11.2 Å². The average Bonchev–Trinajstić information content (AvgIpc) is 2.66. The molecule has 1 fully saturated rings. The molecule has 3 aromatic heterocycles. The minimum Gasteiger partial charge on any atom is -0.393 e. The van der Waals surface area contributed by atoms with Crippen LogP contribution in [-0.4, -0.2) is 56.2 Å². The number of hydrogen-bond donors (Lipinski definition) is 3. The van der Waals surface area contributed by atoms with Crippen molar-refractivity contribution in [2.24, 2.45) is 0 Å². The van der Waals surface area contributed by atoms with Crippen LogP contribution in [0.4, 0.5) is 23.3 Å². The van der Waals surface area contributed by atoms with Gasteiger partial charge in [0.05, 0.1) is 19.4 Å². The number of anilines is 4. The Balaban J connectivity index is 0.000000267. The molecule has 3 aromatic rings. The van der Waals surface area contributed by atoms with Gasteiger partial charge in [-0.15, -0.1) is 24.8 Å². The summed E-state index contributed by atoms with van der Waals surface area (Å²) in [5.41, 5.74) is 18.7. The van der Waals surface area contributed by atoms with E-state index < -0.39 is 0 Å². The fraction of sp³-hybridized carbons (Fsp3) is 0.286. The quantitative estimate of drug-likeness (QED) is 0.500. The molecule has 1 saturated heterocycles. The third-order valence-electron chi connectivity index (χ3n) is 3.43. The van der Waals surface area contributed by atoms with E-state index in [2.05, 4.69) is 29.9 Å². The lowest BCUT2D eigenvalue weighted by molar-refractivity contribution is 0.122. The zero-order valence-electron chi connectivity index (χ0n) is 14.2. The zero-order valence-corrected chi connectivity index (χ0v) is 15.9. The molecule has 0 spiro atoms. The minimum absolute atomic E-state index is 0. The van der Waals surface area contributed by atoms with Crippen LogP contribution in [-0.2, 0) is 4.74 Å². The van der Waals surface area contributed by atoms with E-state index in [0.29, 0.717) is 30.4 Å². The van der Waals surface area contributed by atoms with Gasteiger partial charge in [0.1, 0.15) is 17.5 Å². The Labute approximate surface area is 167 Å². The lowest BCUT2D eigenvalue weighted by atomic mass is 10.3. The first kappa shape index (κ1) is 22.3. The molecule has 0 bridgehead atoms. The molecule has 6 N–H and O–H groups in total. The molecule has 4 rings (SSSR count). The summed E-state index contributed by atoms with van der Waals surface area (Å²) in [5, 5.41) is 0. The molecule has 27 heavy (non-hydrogen) atoms. The molecule has 0 saturated carbocycles. The summed E-state index contributed by atoms with van der Waals surface area (Å²) in [6, 6.07) is 0. The molecule has 0 amide bonds. The topological polar surface area (TPSA) is 168 Å². The number of hydrogen-bond acceptors (Lipinski definition) is 11. The van der Waals surface area contributed by atoms with Crippen molar-refractivity contribution >= 4 is 59.2 Å². The van der Waals surface area contributed by atoms with Crippen molar-refractivity contribution in [2.45, 2.75) is 0 Å². The molecule has 1 aliphatic heterocycles. The summed E-state index contributed by atoms with van der Waals surface area (Å²) in [7, 11) is 0. The van der Waals surface area contributed by atoms with E-state index in [0.717, 1.165) is 18.6 Å². The zero-order chi connectivity index (χ0) is 17.6. The maximum absolute atomic E-state index is 5.79. The fourth-order valence-electron chi connectivity index (χ4n) is 2.23. The van der Waals surface area contributed by atoms with E-state index in [1.807, 2.05) is 4.90 Å². The van der Waals surface area contributed by atoms with Gasteiger partial charge in [0.25, 0.3) is 0 Å². The second kappa shape index (κ2) is 10.4. The molecular formula is C14H20Cl2N10O. The lowest BCUT2D eigenvalue weighted by Gasteiger charge is -2.28. The second-order valence-electron chi connectivity index (χ2n) is 5.09. The number of ether oxygens (including phenoxy) is 1. The third-order valence-corrected chi connectivity index (χ3v) is 3.43. The highest BCUT2D eigenvalue weighted by atomic mass is 35.5. The Morgan fingerprint density at radius 2 is 1.63 bits per heavy atom. The van der Waals surface area contributed by atoms with Crippen LogP contribution in [0.2, 0.25) is 0 Å². The SMILES string of the molecule is Cl.Cl.Nc1nc(N)c(N)c(N2CCOCC2)n1.c1cnc2ncncc2n1. The van der Waals surface area contributed by atoms with E-state index >= 15 is 0 Å². The Hall–Kier alpha value is -2.76. The predicted molar refractivity (Wildman–Crippen MR) is 108 cm³/mol. The standard InChI is InChI=1S/C8H14N6O.C6H4N4.2ClH/c9-5-6(10)12-8(11)13-7(5)14-1-3-15-4-2-14;1-2-9-6-5(8-1)3-7-4-10-6;;/h1-4,9H2,(H4,10,11,12,13);1-4H;2*1H. The van der Waals surface area contributed by atoms with Crippen LogP contribution in [0.1, 0.15) is 0 Å². The minimum atomic E-state index is 0. The monoisotopic (exact) mass is 414 g/mol. The van der Waals surface area contributed by atoms with Gasteiger partial charge in [-0.05, 0) is 0 Å². The van der Waals surface area contributed by atoms with Crippen molar-refractivity contribution in [3.8, 4) is 0 Å². The highest BCUT2D eigenvalue weighted by Gasteiger charge is 2.17. The van der Waals surface area contributed by atoms with Gasteiger partial charge in [-0.2, -0.15) is 9.97 Å². The molecule has 0 atom stereocenters. The number of morpholine rings is 1. The number of halogens is 2. The second-order valence-corrected chi connectivity index (χ2v) is 5.09. The molecular weight excluding hydrogens is 395 g/mol. The third kappa shape index (κ3) is 5.61. The summed E-state index contributed by atoms with van der Waals surface area (Å²) < 4.78 is 5.23. The highest BCUT2D eigenvalue weighted by molar-refractivity contribution is 5.85. The van der Waals surface area contributed by atoms with E-state index in [1.54, 1.807) is 18.6 Å². The van der Waals surface area contributed by atoms with Gasteiger partial charge >= 0.3 is 0 Å². The first-order chi connectivity index (χ1) is 12.1. The van der Waals surface area contributed by atoms with Crippen molar-refractivity contribution in [1.82, 2.24) is 29.9 Å². The molecule has 0 aliphatic carbocycles. The van der Waals surface area contributed by atoms with Crippen molar-refractivity contribution in [3.05, 3.63) is 24.9 Å². The number of nitrogen functional groups attached to an aromatic ring is 3. The van der Waals surface area contributed by atoms with Gasteiger partial charge in [-0.3, -0.25) is 0 Å². The summed E-state index contributed by atoms with van der Waals surface area (Å²) >= 11 is 0. The molecule has 146 valence electrons. The van der Waals surface area contributed by atoms with Gasteiger partial charge in [0.2, 0.25) is 5.95 Å². The van der Waals surface area contributed by atoms with Crippen LogP contribution in [0, 0.1) is 0 Å². The molecule has 0 unspecified atom stereocenters. The summed E-state index contributed by atoms with van der Waals surface area (Å²) in [4.78, 5) is 25.5. The number of rotatable bonds is 1. The molecule has 0 radical (unpaired) electrons. The molecule has 0 aromatic carbocycles.